The summed E-state index contributed by atoms with van der Waals surface area (Å²) in [7, 11) is 3.92. The summed E-state index contributed by atoms with van der Waals surface area (Å²) in [6.07, 6.45) is -1.18. The molecule has 1 N–H and O–H groups in total. The van der Waals surface area contributed by atoms with Gasteiger partial charge < -0.3 is 19.7 Å². The van der Waals surface area contributed by atoms with Crippen LogP contribution in [0.2, 0.25) is 20.1 Å². The first kappa shape index (κ1) is 30.3. The standard InChI is InChI=1S/C29H27Cl4N3O4/c1-36(2)9-10-39-11-12-40-25-8-7-18(30)14-21(25)29(38)35-28-24(37)13-17-5-3-4-6-20(17)27(34-28)26-22(32)15-19(31)16-23(26)33/h3-8,14-16,28H,9-13H2,1-2H3,(H,35,38). The molecule has 1 unspecified atom stereocenters. The van der Waals surface area contributed by atoms with Crippen LogP contribution in [0, 0.1) is 0 Å². The first-order chi connectivity index (χ1) is 19.1. The van der Waals surface area contributed by atoms with Crippen molar-refractivity contribution in [2.24, 2.45) is 4.99 Å². The largest absolute Gasteiger partial charge is 0.490 e. The number of hydrogen-bond acceptors (Lipinski definition) is 6. The molecule has 210 valence electrons. The molecule has 0 saturated carbocycles. The molecule has 0 saturated heterocycles. The van der Waals surface area contributed by atoms with E-state index < -0.39 is 12.1 Å². The molecular formula is C29H27Cl4N3O4. The molecule has 0 spiro atoms. The minimum Gasteiger partial charge on any atom is -0.490 e. The van der Waals surface area contributed by atoms with Crippen molar-refractivity contribution in [3.05, 3.63) is 96.9 Å². The van der Waals surface area contributed by atoms with E-state index in [1.54, 1.807) is 24.3 Å². The van der Waals surface area contributed by atoms with E-state index in [1.807, 2.05) is 43.3 Å². The number of amides is 1. The number of carbonyl (C=O) groups is 2. The number of ether oxygens (including phenoxy) is 2. The van der Waals surface area contributed by atoms with Gasteiger partial charge in [-0.2, -0.15) is 0 Å². The molecule has 1 amide bonds. The molecule has 1 aliphatic rings. The Balaban J connectivity index is 1.61. The number of carbonyl (C=O) groups excluding carboxylic acids is 2. The van der Waals surface area contributed by atoms with Gasteiger partial charge in [-0.15, -0.1) is 0 Å². The van der Waals surface area contributed by atoms with Crippen LogP contribution in [0.25, 0.3) is 0 Å². The van der Waals surface area contributed by atoms with Gasteiger partial charge in [-0.3, -0.25) is 14.6 Å². The molecule has 40 heavy (non-hydrogen) atoms. The van der Waals surface area contributed by atoms with Crippen molar-refractivity contribution in [1.82, 2.24) is 10.2 Å². The molecule has 4 rings (SSSR count). The van der Waals surface area contributed by atoms with E-state index in [0.29, 0.717) is 45.8 Å². The topological polar surface area (TPSA) is 80.2 Å². The molecule has 3 aromatic carbocycles. The van der Waals surface area contributed by atoms with Crippen molar-refractivity contribution in [3.63, 3.8) is 0 Å². The molecule has 11 heteroatoms. The maximum atomic E-state index is 13.5. The number of Topliss-reactive ketones (excluding diaryl/α,β-unsaturated/α-hetero) is 1. The minimum absolute atomic E-state index is 0.0418. The predicted octanol–water partition coefficient (Wildman–Crippen LogP) is 5.98. The van der Waals surface area contributed by atoms with E-state index in [2.05, 4.69) is 10.3 Å². The fourth-order valence-electron chi connectivity index (χ4n) is 4.11. The number of nitrogens with one attached hydrogen (secondary N) is 1. The zero-order chi connectivity index (χ0) is 28.8. The van der Waals surface area contributed by atoms with Crippen LogP contribution >= 0.6 is 46.4 Å². The first-order valence-electron chi connectivity index (χ1n) is 12.4. The van der Waals surface area contributed by atoms with Gasteiger partial charge in [0.1, 0.15) is 12.4 Å². The number of benzene rings is 3. The Morgan fingerprint density at radius 1 is 0.975 bits per heavy atom. The Morgan fingerprint density at radius 3 is 2.42 bits per heavy atom. The van der Waals surface area contributed by atoms with Gasteiger partial charge in [-0.05, 0) is 50.0 Å². The number of fused-ring (bicyclic) bond motifs is 1. The van der Waals surface area contributed by atoms with E-state index >= 15 is 0 Å². The van der Waals surface area contributed by atoms with Gasteiger partial charge in [-0.25, -0.2) is 0 Å². The summed E-state index contributed by atoms with van der Waals surface area (Å²) in [6, 6.07) is 15.1. The fraction of sp³-hybridized carbons (Fsp3) is 0.276. The Hall–Kier alpha value is -2.65. The average Bonchev–Trinajstić information content (AvgIpc) is 3.02. The van der Waals surface area contributed by atoms with Crippen molar-refractivity contribution in [1.29, 1.82) is 0 Å². The van der Waals surface area contributed by atoms with Gasteiger partial charge in [0.05, 0.1) is 34.5 Å². The molecule has 0 bridgehead atoms. The second-order valence-corrected chi connectivity index (χ2v) is 11.0. The van der Waals surface area contributed by atoms with Crippen molar-refractivity contribution in [2.75, 3.05) is 40.5 Å². The number of halogens is 4. The summed E-state index contributed by atoms with van der Waals surface area (Å²) in [6.45, 7) is 1.90. The average molecular weight is 623 g/mol. The highest BCUT2D eigenvalue weighted by Gasteiger charge is 2.30. The second kappa shape index (κ2) is 13.8. The van der Waals surface area contributed by atoms with E-state index in [9.17, 15) is 9.59 Å². The molecule has 1 heterocycles. The quantitative estimate of drug-likeness (QED) is 0.282. The van der Waals surface area contributed by atoms with Gasteiger partial charge in [-0.1, -0.05) is 70.7 Å². The third-order valence-electron chi connectivity index (χ3n) is 6.07. The third-order valence-corrected chi connectivity index (χ3v) is 7.12. The number of hydrogen-bond donors (Lipinski definition) is 1. The van der Waals surface area contributed by atoms with Crippen molar-refractivity contribution in [3.8, 4) is 5.75 Å². The van der Waals surface area contributed by atoms with E-state index in [0.717, 1.165) is 12.1 Å². The van der Waals surface area contributed by atoms with Crippen LogP contribution in [-0.2, 0) is 16.0 Å². The zero-order valence-electron chi connectivity index (χ0n) is 21.8. The lowest BCUT2D eigenvalue weighted by molar-refractivity contribution is -0.120. The lowest BCUT2D eigenvalue weighted by atomic mass is 9.96. The van der Waals surface area contributed by atoms with Gasteiger partial charge in [0.25, 0.3) is 5.91 Å². The van der Waals surface area contributed by atoms with Crippen molar-refractivity contribution < 1.29 is 19.1 Å². The summed E-state index contributed by atoms with van der Waals surface area (Å²) in [4.78, 5) is 33.5. The maximum absolute atomic E-state index is 13.5. The molecule has 0 aliphatic carbocycles. The molecule has 1 atom stereocenters. The zero-order valence-corrected chi connectivity index (χ0v) is 24.9. The molecule has 0 radical (unpaired) electrons. The number of likely N-dealkylation sites (N-methyl/N-ethyl adjacent to an activating group) is 1. The lowest BCUT2D eigenvalue weighted by Crippen LogP contribution is -2.40. The highest BCUT2D eigenvalue weighted by atomic mass is 35.5. The Bertz CT molecular complexity index is 1420. The molecule has 7 nitrogen and oxygen atoms in total. The van der Waals surface area contributed by atoms with Crippen LogP contribution in [0.3, 0.4) is 0 Å². The van der Waals surface area contributed by atoms with Crippen LogP contribution in [0.1, 0.15) is 27.0 Å². The Labute approximate surface area is 253 Å². The molecular weight excluding hydrogens is 596 g/mol. The van der Waals surface area contributed by atoms with Crippen LogP contribution in [-0.4, -0.2) is 68.9 Å². The molecule has 1 aliphatic heterocycles. The minimum atomic E-state index is -1.22. The smallest absolute Gasteiger partial charge is 0.257 e. The number of aliphatic imine (C=N–C) groups is 1. The fourth-order valence-corrected chi connectivity index (χ4v) is 5.28. The monoisotopic (exact) mass is 621 g/mol. The number of ketones is 1. The summed E-state index contributed by atoms with van der Waals surface area (Å²) >= 11 is 25.4. The van der Waals surface area contributed by atoms with E-state index in [1.165, 1.54) is 6.07 Å². The highest BCUT2D eigenvalue weighted by molar-refractivity contribution is 6.43. The Morgan fingerprint density at radius 2 is 1.70 bits per heavy atom. The maximum Gasteiger partial charge on any atom is 0.257 e. The Kier molecular flexibility index (Phi) is 10.5. The summed E-state index contributed by atoms with van der Waals surface area (Å²) in [5, 5.41) is 3.97. The third kappa shape index (κ3) is 7.55. The predicted molar refractivity (Wildman–Crippen MR) is 160 cm³/mol. The van der Waals surface area contributed by atoms with Gasteiger partial charge in [0.15, 0.2) is 11.9 Å². The van der Waals surface area contributed by atoms with Gasteiger partial charge in [0.2, 0.25) is 0 Å². The van der Waals surface area contributed by atoms with Crippen molar-refractivity contribution >= 4 is 63.8 Å². The molecule has 0 aromatic heterocycles. The van der Waals surface area contributed by atoms with Crippen LogP contribution in [0.5, 0.6) is 5.75 Å². The van der Waals surface area contributed by atoms with Crippen molar-refractivity contribution in [2.45, 2.75) is 12.6 Å². The van der Waals surface area contributed by atoms with Gasteiger partial charge in [0, 0.05) is 34.1 Å². The van der Waals surface area contributed by atoms with Crippen LogP contribution < -0.4 is 10.1 Å². The summed E-state index contributed by atoms with van der Waals surface area (Å²) < 4.78 is 11.4. The SMILES string of the molecule is CN(C)CCOCCOc1ccc(Cl)cc1C(=O)NC1N=C(c2c(Cl)cc(Cl)cc2Cl)c2ccccc2CC1=O. The van der Waals surface area contributed by atoms with E-state index in [-0.39, 0.29) is 34.4 Å². The lowest BCUT2D eigenvalue weighted by Gasteiger charge is -2.17. The number of nitrogens with zero attached hydrogens (tertiary/aromatic N) is 2. The van der Waals surface area contributed by atoms with E-state index in [4.69, 9.17) is 55.9 Å². The van der Waals surface area contributed by atoms with Gasteiger partial charge >= 0.3 is 0 Å². The first-order valence-corrected chi connectivity index (χ1v) is 13.9. The highest BCUT2D eigenvalue weighted by Crippen LogP contribution is 2.33. The summed E-state index contributed by atoms with van der Waals surface area (Å²) in [5.74, 6) is -0.585. The van der Waals surface area contributed by atoms with Crippen LogP contribution in [0.15, 0.2) is 59.6 Å². The van der Waals surface area contributed by atoms with Crippen LogP contribution in [0.4, 0.5) is 0 Å². The second-order valence-electron chi connectivity index (χ2n) is 9.30. The number of rotatable bonds is 10. The molecule has 3 aromatic rings. The summed E-state index contributed by atoms with van der Waals surface area (Å²) in [5.41, 5.74) is 2.35. The molecule has 0 fully saturated rings. The normalized spacial score (nSPS) is 14.9.